The number of hydrogen-bond donors (Lipinski definition) is 0. The molecule has 0 saturated carbocycles. The van der Waals surface area contributed by atoms with Crippen molar-refractivity contribution in [2.45, 2.75) is 25.2 Å². The molecule has 6 nitrogen and oxygen atoms in total. The summed E-state index contributed by atoms with van der Waals surface area (Å²) < 4.78 is 6.92. The number of hydrogen-bond acceptors (Lipinski definition) is 8. The first-order chi connectivity index (χ1) is 15.0. The number of carbonyl (C=O) groups excluding carboxylic acids is 2. The fourth-order valence-corrected chi connectivity index (χ4v) is 6.23. The first-order valence-corrected chi connectivity index (χ1v) is 12.2. The van der Waals surface area contributed by atoms with Crippen LogP contribution in [0.15, 0.2) is 39.8 Å². The molecule has 1 aliphatic rings. The van der Waals surface area contributed by atoms with Crippen molar-refractivity contribution in [1.82, 2.24) is 9.55 Å². The molecule has 0 aromatic carbocycles. The van der Waals surface area contributed by atoms with Crippen molar-refractivity contribution in [3.05, 3.63) is 60.7 Å². The molecular weight excluding hydrogens is 451 g/mol. The van der Waals surface area contributed by atoms with Crippen LogP contribution in [0.3, 0.4) is 0 Å². The average molecular weight is 466 g/mol. The molecule has 0 bridgehead atoms. The summed E-state index contributed by atoms with van der Waals surface area (Å²) >= 11 is 4.02. The van der Waals surface area contributed by atoms with E-state index >= 15 is 0 Å². The van der Waals surface area contributed by atoms with E-state index in [1.165, 1.54) is 34.0 Å². The molecule has 10 heteroatoms. The molecule has 31 heavy (non-hydrogen) atoms. The molecule has 1 aliphatic carbocycles. The van der Waals surface area contributed by atoms with E-state index in [4.69, 9.17) is 17.6 Å². The third-order valence-corrected chi connectivity index (χ3v) is 8.04. The summed E-state index contributed by atoms with van der Waals surface area (Å²) in [7, 11) is 5.93. The van der Waals surface area contributed by atoms with Crippen LogP contribution in [0.1, 0.15) is 31.3 Å². The number of ketones is 1. The average Bonchev–Trinajstić information content (AvgIpc) is 3.52. The van der Waals surface area contributed by atoms with Gasteiger partial charge in [-0.25, -0.2) is 9.78 Å². The van der Waals surface area contributed by atoms with Gasteiger partial charge in [0.2, 0.25) is 0 Å². The van der Waals surface area contributed by atoms with Crippen molar-refractivity contribution in [3.8, 4) is 10.7 Å². The number of nitrogens with zero attached hydrogens (tertiary/aromatic N) is 2. The SMILES string of the molecule is [B]C1CCc2c(sc3nc(-c4cccs4)n(CCOC(=O)c4cccs4)c(=O)c23)C1=O. The molecule has 1 atom stereocenters. The Morgan fingerprint density at radius 2 is 2.03 bits per heavy atom. The highest BCUT2D eigenvalue weighted by atomic mass is 32.1. The van der Waals surface area contributed by atoms with E-state index < -0.39 is 11.8 Å². The number of fused-ring (bicyclic) bond motifs is 3. The van der Waals surface area contributed by atoms with Crippen LogP contribution in [-0.4, -0.2) is 35.8 Å². The van der Waals surface area contributed by atoms with Crippen LogP contribution in [0.4, 0.5) is 0 Å². The van der Waals surface area contributed by atoms with E-state index in [9.17, 15) is 14.4 Å². The van der Waals surface area contributed by atoms with Crippen molar-refractivity contribution in [2.75, 3.05) is 6.61 Å². The Bertz CT molecular complexity index is 1340. The van der Waals surface area contributed by atoms with Crippen molar-refractivity contribution < 1.29 is 14.3 Å². The topological polar surface area (TPSA) is 78.3 Å². The van der Waals surface area contributed by atoms with E-state index in [0.29, 0.717) is 38.6 Å². The minimum atomic E-state index is -0.531. The van der Waals surface area contributed by atoms with Crippen molar-refractivity contribution >= 4 is 63.8 Å². The van der Waals surface area contributed by atoms with Crippen LogP contribution in [0.2, 0.25) is 5.82 Å². The lowest BCUT2D eigenvalue weighted by Crippen LogP contribution is -2.26. The summed E-state index contributed by atoms with van der Waals surface area (Å²) in [6.45, 7) is 0.211. The molecule has 0 fully saturated rings. The van der Waals surface area contributed by atoms with Crippen molar-refractivity contribution in [2.24, 2.45) is 0 Å². The number of carbonyl (C=O) groups is 2. The van der Waals surface area contributed by atoms with Gasteiger partial charge in [-0.3, -0.25) is 14.2 Å². The Balaban J connectivity index is 1.56. The zero-order chi connectivity index (χ0) is 21.5. The van der Waals surface area contributed by atoms with E-state index in [2.05, 4.69) is 0 Å². The molecule has 4 heterocycles. The molecule has 0 saturated heterocycles. The Hall–Kier alpha value is -2.56. The predicted molar refractivity (Wildman–Crippen MR) is 124 cm³/mol. The fraction of sp³-hybridized carbons (Fsp3) is 0.238. The van der Waals surface area contributed by atoms with Gasteiger partial charge in [0.15, 0.2) is 11.6 Å². The minimum absolute atomic E-state index is 0.0400. The highest BCUT2D eigenvalue weighted by molar-refractivity contribution is 7.20. The van der Waals surface area contributed by atoms with Gasteiger partial charge < -0.3 is 4.74 Å². The van der Waals surface area contributed by atoms with Gasteiger partial charge in [-0.05, 0) is 47.1 Å². The lowest BCUT2D eigenvalue weighted by Gasteiger charge is -2.17. The monoisotopic (exact) mass is 466 g/mol. The summed E-state index contributed by atoms with van der Waals surface area (Å²) in [5.74, 6) is -0.564. The molecule has 0 aliphatic heterocycles. The van der Waals surface area contributed by atoms with Gasteiger partial charge in [0, 0.05) is 0 Å². The second-order valence-electron chi connectivity index (χ2n) is 7.08. The van der Waals surface area contributed by atoms with Crippen LogP contribution in [-0.2, 0) is 17.7 Å². The normalized spacial score (nSPS) is 15.9. The molecule has 5 rings (SSSR count). The third kappa shape index (κ3) is 3.58. The van der Waals surface area contributed by atoms with E-state index in [1.807, 2.05) is 17.5 Å². The predicted octanol–water partition coefficient (Wildman–Crippen LogP) is 4.19. The molecule has 2 radical (unpaired) electrons. The van der Waals surface area contributed by atoms with Crippen LogP contribution in [0, 0.1) is 0 Å². The summed E-state index contributed by atoms with van der Waals surface area (Å²) in [6.07, 6.45) is 1.09. The lowest BCUT2D eigenvalue weighted by molar-refractivity contribution is 0.0496. The largest absolute Gasteiger partial charge is 0.460 e. The first kappa shape index (κ1) is 20.4. The summed E-state index contributed by atoms with van der Waals surface area (Å²) in [6, 6.07) is 7.26. The standard InChI is InChI=1S/C21H15BN2O4S3/c22-12-6-5-11-15-19(31-17(11)16(12)25)23-18(13-3-1-9-29-13)24(20(15)26)7-8-28-21(27)14-4-2-10-30-14/h1-4,9-10,12H,5-8H2. The molecule has 0 N–H and O–H groups in total. The Morgan fingerprint density at radius 3 is 2.77 bits per heavy atom. The summed E-state index contributed by atoms with van der Waals surface area (Å²) in [5.41, 5.74) is 0.521. The van der Waals surface area contributed by atoms with Crippen LogP contribution >= 0.6 is 34.0 Å². The summed E-state index contributed by atoms with van der Waals surface area (Å²) in [4.78, 5) is 45.4. The lowest BCUT2D eigenvalue weighted by atomic mass is 9.74. The van der Waals surface area contributed by atoms with E-state index in [-0.39, 0.29) is 24.5 Å². The molecule has 1 unspecified atom stereocenters. The maximum Gasteiger partial charge on any atom is 0.348 e. The van der Waals surface area contributed by atoms with Gasteiger partial charge in [0.25, 0.3) is 5.56 Å². The van der Waals surface area contributed by atoms with Gasteiger partial charge in [-0.1, -0.05) is 12.1 Å². The van der Waals surface area contributed by atoms with Crippen molar-refractivity contribution in [3.63, 3.8) is 0 Å². The van der Waals surface area contributed by atoms with Crippen LogP contribution < -0.4 is 5.56 Å². The Morgan fingerprint density at radius 1 is 1.23 bits per heavy atom. The second kappa shape index (κ2) is 8.18. The van der Waals surface area contributed by atoms with Gasteiger partial charge in [-0.2, -0.15) is 0 Å². The number of esters is 1. The van der Waals surface area contributed by atoms with Gasteiger partial charge >= 0.3 is 5.97 Å². The molecule has 0 amide bonds. The van der Waals surface area contributed by atoms with Gasteiger partial charge in [0.05, 0.1) is 29.5 Å². The van der Waals surface area contributed by atoms with Crippen molar-refractivity contribution in [1.29, 1.82) is 0 Å². The molecule has 0 spiro atoms. The number of aryl methyl sites for hydroxylation is 1. The quantitative estimate of drug-likeness (QED) is 0.326. The van der Waals surface area contributed by atoms with Crippen LogP contribution in [0.25, 0.3) is 20.9 Å². The summed E-state index contributed by atoms with van der Waals surface area (Å²) in [5, 5.41) is 4.19. The number of aromatic nitrogens is 2. The smallest absolute Gasteiger partial charge is 0.348 e. The van der Waals surface area contributed by atoms with Gasteiger partial charge in [0.1, 0.15) is 16.3 Å². The number of rotatable bonds is 5. The zero-order valence-electron chi connectivity index (χ0n) is 16.2. The number of ether oxygens (including phenoxy) is 1. The van der Waals surface area contributed by atoms with E-state index in [1.54, 1.807) is 22.1 Å². The number of Topliss-reactive ketones (excluding diaryl/α,β-unsaturated/α-hetero) is 1. The number of thiophene rings is 3. The molecule has 154 valence electrons. The second-order valence-corrected chi connectivity index (χ2v) is 9.98. The zero-order valence-corrected chi connectivity index (χ0v) is 18.6. The highest BCUT2D eigenvalue weighted by Crippen LogP contribution is 2.38. The maximum atomic E-state index is 13.5. The van der Waals surface area contributed by atoms with E-state index in [0.717, 1.165) is 10.4 Å². The first-order valence-electron chi connectivity index (χ1n) is 9.65. The van der Waals surface area contributed by atoms with Crippen LogP contribution in [0.5, 0.6) is 0 Å². The highest BCUT2D eigenvalue weighted by Gasteiger charge is 2.30. The fourth-order valence-electron chi connectivity index (χ4n) is 3.67. The minimum Gasteiger partial charge on any atom is -0.460 e. The van der Waals surface area contributed by atoms with Gasteiger partial charge in [-0.15, -0.1) is 34.0 Å². The molecular formula is C21H15BN2O4S3. The Kier molecular flexibility index (Phi) is 5.37. The third-order valence-electron chi connectivity index (χ3n) is 5.19. The molecule has 4 aromatic heterocycles. The molecule has 4 aromatic rings. The maximum absolute atomic E-state index is 13.5. The Labute approximate surface area is 190 Å².